The molecule has 1 aromatic carbocycles. The number of ether oxygens (including phenoxy) is 1. The molecule has 1 saturated heterocycles. The molecule has 5 nitrogen and oxygen atoms in total. The van der Waals surface area contributed by atoms with Gasteiger partial charge in [-0.2, -0.15) is 0 Å². The fourth-order valence-electron chi connectivity index (χ4n) is 2.28. The van der Waals surface area contributed by atoms with Gasteiger partial charge < -0.3 is 9.84 Å². The average molecular weight is 342 g/mol. The zero-order valence-corrected chi connectivity index (χ0v) is 12.7. The third-order valence-electron chi connectivity index (χ3n) is 3.48. The number of rotatable bonds is 3. The van der Waals surface area contributed by atoms with Crippen LogP contribution in [0.5, 0.6) is 0 Å². The Balaban J connectivity index is 2.03. The molecule has 1 aliphatic heterocycles. The highest BCUT2D eigenvalue weighted by molar-refractivity contribution is 9.09. The summed E-state index contributed by atoms with van der Waals surface area (Å²) in [5.41, 5.74) is -0.352. The van der Waals surface area contributed by atoms with Gasteiger partial charge in [0.05, 0.1) is 0 Å². The fraction of sp³-hybridized carbons (Fsp3) is 0.429. The van der Waals surface area contributed by atoms with Crippen molar-refractivity contribution in [2.45, 2.75) is 30.3 Å². The Hall–Kier alpha value is -1.56. The van der Waals surface area contributed by atoms with Gasteiger partial charge in [-0.1, -0.05) is 46.3 Å². The van der Waals surface area contributed by atoms with Gasteiger partial charge in [-0.05, 0) is 18.9 Å². The molecular weight excluding hydrogens is 326 g/mol. The molecule has 108 valence electrons. The number of alkyl halides is 1. The molecule has 2 atom stereocenters. The van der Waals surface area contributed by atoms with E-state index < -0.39 is 17.6 Å². The van der Waals surface area contributed by atoms with Crippen molar-refractivity contribution in [1.82, 2.24) is 4.90 Å². The van der Waals surface area contributed by atoms with Crippen LogP contribution in [0, 0.1) is 0 Å². The number of benzene rings is 1. The third-order valence-corrected chi connectivity index (χ3v) is 4.09. The summed E-state index contributed by atoms with van der Waals surface area (Å²) in [4.78, 5) is 24.7. The summed E-state index contributed by atoms with van der Waals surface area (Å²) >= 11 is 3.37. The second-order valence-electron chi connectivity index (χ2n) is 5.03. The Labute approximate surface area is 125 Å². The number of nitrogens with zero attached hydrogens (tertiary/aromatic N) is 1. The summed E-state index contributed by atoms with van der Waals surface area (Å²) in [6.07, 6.45) is -0.233. The number of carbonyl (C=O) groups is 2. The van der Waals surface area contributed by atoms with E-state index in [0.29, 0.717) is 13.0 Å². The summed E-state index contributed by atoms with van der Waals surface area (Å²) in [5, 5.41) is 9.32. The van der Waals surface area contributed by atoms with Crippen LogP contribution in [0.4, 0.5) is 4.79 Å². The van der Waals surface area contributed by atoms with Crippen LogP contribution in [0.3, 0.4) is 0 Å². The molecule has 1 heterocycles. The van der Waals surface area contributed by atoms with Crippen LogP contribution < -0.4 is 0 Å². The van der Waals surface area contributed by atoms with Gasteiger partial charge >= 0.3 is 12.1 Å². The number of carbonyl (C=O) groups excluding carboxylic acids is 1. The molecule has 0 saturated carbocycles. The quantitative estimate of drug-likeness (QED) is 0.858. The van der Waals surface area contributed by atoms with Crippen molar-refractivity contribution in [3.8, 4) is 0 Å². The molecule has 0 unspecified atom stereocenters. The van der Waals surface area contributed by atoms with Crippen molar-refractivity contribution in [3.63, 3.8) is 0 Å². The number of hydrogen-bond donors (Lipinski definition) is 1. The Morgan fingerprint density at radius 3 is 2.70 bits per heavy atom. The largest absolute Gasteiger partial charge is 0.480 e. The van der Waals surface area contributed by atoms with E-state index in [-0.39, 0.29) is 11.4 Å². The molecular formula is C14H16BrNO4. The SMILES string of the molecule is C[C@@]1(C(=O)O)C[C@H](Br)CN1C(=O)OCc1ccccc1. The molecule has 1 aliphatic rings. The van der Waals surface area contributed by atoms with E-state index >= 15 is 0 Å². The second-order valence-corrected chi connectivity index (χ2v) is 6.33. The van der Waals surface area contributed by atoms with Gasteiger partial charge in [0, 0.05) is 11.4 Å². The molecule has 0 spiro atoms. The Kier molecular flexibility index (Phi) is 4.32. The highest BCUT2D eigenvalue weighted by atomic mass is 79.9. The number of carboxylic acid groups (broad SMARTS) is 1. The van der Waals surface area contributed by atoms with Gasteiger partial charge in [-0.25, -0.2) is 9.59 Å². The van der Waals surface area contributed by atoms with E-state index in [9.17, 15) is 14.7 Å². The zero-order valence-electron chi connectivity index (χ0n) is 11.1. The van der Waals surface area contributed by atoms with Gasteiger partial charge in [0.1, 0.15) is 12.1 Å². The van der Waals surface area contributed by atoms with Crippen LogP contribution in [0.2, 0.25) is 0 Å². The van der Waals surface area contributed by atoms with Crippen molar-refractivity contribution in [1.29, 1.82) is 0 Å². The molecule has 6 heteroatoms. The lowest BCUT2D eigenvalue weighted by atomic mass is 10.00. The monoisotopic (exact) mass is 341 g/mol. The molecule has 1 fully saturated rings. The van der Waals surface area contributed by atoms with Gasteiger partial charge in [-0.3, -0.25) is 4.90 Å². The standard InChI is InChI=1S/C14H16BrNO4/c1-14(12(17)18)7-11(15)8-16(14)13(19)20-9-10-5-3-2-4-6-10/h2-6,11H,7-9H2,1H3,(H,17,18)/t11-,14-/m0/s1. The van der Waals surface area contributed by atoms with E-state index in [4.69, 9.17) is 4.74 Å². The zero-order chi connectivity index (χ0) is 14.8. The first-order valence-electron chi connectivity index (χ1n) is 6.29. The topological polar surface area (TPSA) is 66.8 Å². The normalized spacial score (nSPS) is 25.5. The summed E-state index contributed by atoms with van der Waals surface area (Å²) in [5.74, 6) is -1.02. The maximum absolute atomic E-state index is 12.1. The van der Waals surface area contributed by atoms with Crippen LogP contribution >= 0.6 is 15.9 Å². The Bertz CT molecular complexity index is 507. The molecule has 1 amide bonds. The minimum absolute atomic E-state index is 0.0344. The molecule has 20 heavy (non-hydrogen) atoms. The number of likely N-dealkylation sites (tertiary alicyclic amines) is 1. The van der Waals surface area contributed by atoms with Crippen molar-refractivity contribution in [2.24, 2.45) is 0 Å². The van der Waals surface area contributed by atoms with Gasteiger partial charge in [-0.15, -0.1) is 0 Å². The summed E-state index contributed by atoms with van der Waals surface area (Å²) in [7, 11) is 0. The molecule has 1 N–H and O–H groups in total. The maximum atomic E-state index is 12.1. The number of halogens is 1. The van der Waals surface area contributed by atoms with Crippen molar-refractivity contribution < 1.29 is 19.4 Å². The highest BCUT2D eigenvalue weighted by Gasteiger charge is 2.50. The minimum Gasteiger partial charge on any atom is -0.480 e. The van der Waals surface area contributed by atoms with E-state index in [0.717, 1.165) is 5.56 Å². The van der Waals surface area contributed by atoms with Crippen molar-refractivity contribution in [2.75, 3.05) is 6.54 Å². The fourth-order valence-corrected chi connectivity index (χ4v) is 3.20. The minimum atomic E-state index is -1.22. The summed E-state index contributed by atoms with van der Waals surface area (Å²) in [6, 6.07) is 9.29. The number of aliphatic carboxylic acids is 1. The lowest BCUT2D eigenvalue weighted by molar-refractivity contribution is -0.147. The van der Waals surface area contributed by atoms with Crippen molar-refractivity contribution >= 4 is 28.0 Å². The van der Waals surface area contributed by atoms with Crippen LogP contribution in [0.15, 0.2) is 30.3 Å². The Morgan fingerprint density at radius 1 is 1.45 bits per heavy atom. The lowest BCUT2D eigenvalue weighted by Gasteiger charge is -2.30. The summed E-state index contributed by atoms with van der Waals surface area (Å²) < 4.78 is 5.21. The lowest BCUT2D eigenvalue weighted by Crippen LogP contribution is -2.50. The number of carboxylic acids is 1. The third kappa shape index (κ3) is 2.95. The number of amides is 1. The van der Waals surface area contributed by atoms with E-state index in [1.54, 1.807) is 6.92 Å². The molecule has 2 rings (SSSR count). The van der Waals surface area contributed by atoms with Gasteiger partial charge in [0.2, 0.25) is 0 Å². The first-order valence-corrected chi connectivity index (χ1v) is 7.21. The molecule has 1 aromatic rings. The summed E-state index contributed by atoms with van der Waals surface area (Å²) in [6.45, 7) is 2.01. The first-order chi connectivity index (χ1) is 9.43. The molecule has 0 bridgehead atoms. The van der Waals surface area contributed by atoms with Crippen LogP contribution in [0.25, 0.3) is 0 Å². The maximum Gasteiger partial charge on any atom is 0.411 e. The van der Waals surface area contributed by atoms with E-state index in [1.807, 2.05) is 30.3 Å². The predicted molar refractivity (Wildman–Crippen MR) is 76.7 cm³/mol. The van der Waals surface area contributed by atoms with Crippen LogP contribution in [0.1, 0.15) is 18.9 Å². The molecule has 0 radical (unpaired) electrons. The highest BCUT2D eigenvalue weighted by Crippen LogP contribution is 2.33. The van der Waals surface area contributed by atoms with Crippen LogP contribution in [-0.2, 0) is 16.1 Å². The van der Waals surface area contributed by atoms with Gasteiger partial charge in [0.25, 0.3) is 0 Å². The predicted octanol–water partition coefficient (Wildman–Crippen LogP) is 2.64. The van der Waals surface area contributed by atoms with Crippen molar-refractivity contribution in [3.05, 3.63) is 35.9 Å². The smallest absolute Gasteiger partial charge is 0.411 e. The Morgan fingerprint density at radius 2 is 2.10 bits per heavy atom. The molecule has 0 aromatic heterocycles. The van der Waals surface area contributed by atoms with E-state index in [2.05, 4.69) is 15.9 Å². The second kappa shape index (κ2) is 5.83. The van der Waals surface area contributed by atoms with Crippen LogP contribution in [-0.4, -0.2) is 39.0 Å². The number of hydrogen-bond acceptors (Lipinski definition) is 3. The first kappa shape index (κ1) is 14.8. The molecule has 0 aliphatic carbocycles. The van der Waals surface area contributed by atoms with Gasteiger partial charge in [0.15, 0.2) is 0 Å². The average Bonchev–Trinajstić information content (AvgIpc) is 2.74. The van der Waals surface area contributed by atoms with E-state index in [1.165, 1.54) is 4.90 Å².